The van der Waals surface area contributed by atoms with E-state index in [1.54, 1.807) is 24.3 Å². The summed E-state index contributed by atoms with van der Waals surface area (Å²) in [6.07, 6.45) is -0.0258. The van der Waals surface area contributed by atoms with Gasteiger partial charge in [-0.15, -0.1) is 0 Å². The van der Waals surface area contributed by atoms with Crippen molar-refractivity contribution in [1.29, 1.82) is 0 Å². The predicted octanol–water partition coefficient (Wildman–Crippen LogP) is 3.22. The number of primary amides is 1. The van der Waals surface area contributed by atoms with E-state index in [1.165, 1.54) is 12.1 Å². The van der Waals surface area contributed by atoms with Crippen LogP contribution >= 0.6 is 11.6 Å². The molecule has 0 aliphatic carbocycles. The molecule has 0 bridgehead atoms. The zero-order valence-electron chi connectivity index (χ0n) is 12.1. The number of amides is 3. The molecule has 0 fully saturated rings. The molecule has 4 N–H and O–H groups in total. The van der Waals surface area contributed by atoms with Crippen LogP contribution in [0.25, 0.3) is 0 Å². The van der Waals surface area contributed by atoms with Crippen molar-refractivity contribution in [1.82, 2.24) is 5.32 Å². The third kappa shape index (κ3) is 4.96. The minimum absolute atomic E-state index is 0.0258. The monoisotopic (exact) mass is 335 g/mol. The highest BCUT2D eigenvalue weighted by molar-refractivity contribution is 6.31. The molecule has 2 rings (SSSR count). The van der Waals surface area contributed by atoms with E-state index in [-0.39, 0.29) is 17.4 Å². The van der Waals surface area contributed by atoms with Crippen LogP contribution in [-0.2, 0) is 4.79 Å². The molecular formula is C16H15ClFN3O2. The van der Waals surface area contributed by atoms with E-state index in [0.29, 0.717) is 5.69 Å². The quantitative estimate of drug-likeness (QED) is 0.783. The van der Waals surface area contributed by atoms with Crippen LogP contribution in [0.4, 0.5) is 14.9 Å². The third-order valence-electron chi connectivity index (χ3n) is 3.11. The molecule has 0 saturated heterocycles. The Morgan fingerprint density at radius 3 is 2.48 bits per heavy atom. The Morgan fingerprint density at radius 1 is 1.17 bits per heavy atom. The number of urea groups is 1. The van der Waals surface area contributed by atoms with Crippen molar-refractivity contribution in [2.75, 3.05) is 5.32 Å². The zero-order chi connectivity index (χ0) is 16.8. The first-order valence-electron chi connectivity index (χ1n) is 6.81. The molecule has 0 aliphatic rings. The maximum Gasteiger partial charge on any atom is 0.312 e. The summed E-state index contributed by atoms with van der Waals surface area (Å²) >= 11 is 5.67. The van der Waals surface area contributed by atoms with E-state index in [4.69, 9.17) is 17.3 Å². The molecule has 5 nitrogen and oxygen atoms in total. The highest BCUT2D eigenvalue weighted by atomic mass is 35.5. The molecule has 7 heteroatoms. The van der Waals surface area contributed by atoms with Crippen molar-refractivity contribution in [3.63, 3.8) is 0 Å². The normalized spacial score (nSPS) is 11.6. The van der Waals surface area contributed by atoms with Gasteiger partial charge in [0.25, 0.3) is 0 Å². The first-order chi connectivity index (χ1) is 11.0. The van der Waals surface area contributed by atoms with Crippen molar-refractivity contribution >= 4 is 29.2 Å². The van der Waals surface area contributed by atoms with Gasteiger partial charge in [-0.25, -0.2) is 9.18 Å². The molecule has 0 aliphatic heterocycles. The van der Waals surface area contributed by atoms with Crippen LogP contribution in [0.1, 0.15) is 18.0 Å². The lowest BCUT2D eigenvalue weighted by Gasteiger charge is -2.17. The average Bonchev–Trinajstić information content (AvgIpc) is 2.51. The van der Waals surface area contributed by atoms with Gasteiger partial charge in [-0.3, -0.25) is 4.79 Å². The Labute approximate surface area is 137 Å². The molecule has 23 heavy (non-hydrogen) atoms. The standard InChI is InChI=1S/C16H15ClFN3O2/c17-12-8-11(6-7-13(12)18)20-15(22)9-14(21-16(19)23)10-4-2-1-3-5-10/h1-8,14H,9H2,(H,20,22)(H3,19,21,23)/t14-/m1/s1. The first-order valence-corrected chi connectivity index (χ1v) is 7.19. The van der Waals surface area contributed by atoms with Gasteiger partial charge < -0.3 is 16.4 Å². The molecular weight excluding hydrogens is 321 g/mol. The van der Waals surface area contributed by atoms with Gasteiger partial charge in [-0.2, -0.15) is 0 Å². The number of hydrogen-bond donors (Lipinski definition) is 3. The van der Waals surface area contributed by atoms with Crippen LogP contribution in [0.3, 0.4) is 0 Å². The number of halogens is 2. The van der Waals surface area contributed by atoms with Crippen LogP contribution in [0.2, 0.25) is 5.02 Å². The molecule has 2 aromatic rings. The second-order valence-corrected chi connectivity index (χ2v) is 5.26. The number of rotatable bonds is 5. The number of anilines is 1. The van der Waals surface area contributed by atoms with Crippen LogP contribution < -0.4 is 16.4 Å². The first kappa shape index (κ1) is 16.8. The summed E-state index contributed by atoms with van der Waals surface area (Å²) in [6, 6.07) is 11.6. The van der Waals surface area contributed by atoms with Gasteiger partial charge >= 0.3 is 6.03 Å². The van der Waals surface area contributed by atoms with Gasteiger partial charge in [0.1, 0.15) is 5.82 Å². The van der Waals surface area contributed by atoms with E-state index in [2.05, 4.69) is 10.6 Å². The molecule has 1 atom stereocenters. The fourth-order valence-corrected chi connectivity index (χ4v) is 2.26. The minimum Gasteiger partial charge on any atom is -0.352 e. The topological polar surface area (TPSA) is 84.2 Å². The minimum atomic E-state index is -0.725. The summed E-state index contributed by atoms with van der Waals surface area (Å²) in [5.74, 6) is -0.933. The number of nitrogens with one attached hydrogen (secondary N) is 2. The molecule has 2 aromatic carbocycles. The summed E-state index contributed by atoms with van der Waals surface area (Å²) in [4.78, 5) is 23.3. The maximum atomic E-state index is 13.1. The summed E-state index contributed by atoms with van der Waals surface area (Å²) in [6.45, 7) is 0. The van der Waals surface area contributed by atoms with Crippen molar-refractivity contribution in [2.24, 2.45) is 5.73 Å². The van der Waals surface area contributed by atoms with Gasteiger partial charge in [-0.1, -0.05) is 41.9 Å². The van der Waals surface area contributed by atoms with Gasteiger partial charge in [0, 0.05) is 5.69 Å². The lowest BCUT2D eigenvalue weighted by molar-refractivity contribution is -0.116. The zero-order valence-corrected chi connectivity index (χ0v) is 12.8. The summed E-state index contributed by atoms with van der Waals surface area (Å²) in [7, 11) is 0. The Balaban J connectivity index is 2.08. The van der Waals surface area contributed by atoms with Crippen LogP contribution in [-0.4, -0.2) is 11.9 Å². The molecule has 0 radical (unpaired) electrons. The highest BCUT2D eigenvalue weighted by Gasteiger charge is 2.17. The fraction of sp³-hybridized carbons (Fsp3) is 0.125. The number of benzene rings is 2. The van der Waals surface area contributed by atoms with Crippen LogP contribution in [0.15, 0.2) is 48.5 Å². The van der Waals surface area contributed by atoms with Crippen molar-refractivity contribution < 1.29 is 14.0 Å². The SMILES string of the molecule is NC(=O)N[C@H](CC(=O)Nc1ccc(F)c(Cl)c1)c1ccccc1. The molecule has 0 unspecified atom stereocenters. The number of hydrogen-bond acceptors (Lipinski definition) is 2. The van der Waals surface area contributed by atoms with E-state index >= 15 is 0 Å². The van der Waals surface area contributed by atoms with Crippen molar-refractivity contribution in [2.45, 2.75) is 12.5 Å². The maximum absolute atomic E-state index is 13.1. The van der Waals surface area contributed by atoms with Crippen LogP contribution in [0, 0.1) is 5.82 Å². The van der Waals surface area contributed by atoms with E-state index in [0.717, 1.165) is 11.6 Å². The second kappa shape index (κ2) is 7.60. The molecule has 0 spiro atoms. The molecule has 120 valence electrons. The Morgan fingerprint density at radius 2 is 1.87 bits per heavy atom. The molecule has 0 aromatic heterocycles. The summed E-state index contributed by atoms with van der Waals surface area (Å²) < 4.78 is 13.1. The fourth-order valence-electron chi connectivity index (χ4n) is 2.08. The second-order valence-electron chi connectivity index (χ2n) is 4.85. The number of nitrogens with two attached hydrogens (primary N) is 1. The smallest absolute Gasteiger partial charge is 0.312 e. The Bertz CT molecular complexity index is 710. The third-order valence-corrected chi connectivity index (χ3v) is 3.40. The Kier molecular flexibility index (Phi) is 5.54. The molecule has 0 heterocycles. The van der Waals surface area contributed by atoms with Gasteiger partial charge in [-0.05, 0) is 23.8 Å². The number of carbonyl (C=O) groups excluding carboxylic acids is 2. The van der Waals surface area contributed by atoms with Crippen molar-refractivity contribution in [3.8, 4) is 0 Å². The predicted molar refractivity (Wildman–Crippen MR) is 86.6 cm³/mol. The van der Waals surface area contributed by atoms with Gasteiger partial charge in [0.15, 0.2) is 0 Å². The highest BCUT2D eigenvalue weighted by Crippen LogP contribution is 2.21. The van der Waals surface area contributed by atoms with E-state index < -0.39 is 17.9 Å². The summed E-state index contributed by atoms with van der Waals surface area (Å²) in [5.41, 5.74) is 6.27. The lowest BCUT2D eigenvalue weighted by Crippen LogP contribution is -2.35. The Hall–Kier alpha value is -2.60. The largest absolute Gasteiger partial charge is 0.352 e. The van der Waals surface area contributed by atoms with Crippen LogP contribution in [0.5, 0.6) is 0 Å². The van der Waals surface area contributed by atoms with Gasteiger partial charge in [0.2, 0.25) is 5.91 Å². The lowest BCUT2D eigenvalue weighted by atomic mass is 10.0. The molecule has 0 saturated carbocycles. The van der Waals surface area contributed by atoms with E-state index in [1.807, 2.05) is 6.07 Å². The molecule has 3 amide bonds. The summed E-state index contributed by atoms with van der Waals surface area (Å²) in [5, 5.41) is 5.04. The number of carbonyl (C=O) groups is 2. The van der Waals surface area contributed by atoms with E-state index in [9.17, 15) is 14.0 Å². The van der Waals surface area contributed by atoms with Crippen molar-refractivity contribution in [3.05, 3.63) is 64.9 Å². The average molecular weight is 336 g/mol. The van der Waals surface area contributed by atoms with Gasteiger partial charge in [0.05, 0.1) is 17.5 Å².